The van der Waals surface area contributed by atoms with Crippen molar-refractivity contribution in [1.82, 2.24) is 4.90 Å². The van der Waals surface area contributed by atoms with E-state index in [1.54, 1.807) is 35.1 Å². The Hall–Kier alpha value is -3.52. The summed E-state index contributed by atoms with van der Waals surface area (Å²) in [6, 6.07) is 18.9. The molecule has 0 bridgehead atoms. The molecule has 3 aromatic rings. The van der Waals surface area contributed by atoms with E-state index in [1.165, 1.54) is 23.9 Å². The molecule has 0 saturated carbocycles. The Morgan fingerprint density at radius 2 is 1.97 bits per heavy atom. The fourth-order valence-corrected chi connectivity index (χ4v) is 6.06. The highest BCUT2D eigenvalue weighted by Crippen LogP contribution is 2.55. The number of fused-ring (bicyclic) bond motifs is 2. The van der Waals surface area contributed by atoms with Crippen LogP contribution in [0.25, 0.3) is 0 Å². The number of aryl methyl sites for hydroxylation is 1. The van der Waals surface area contributed by atoms with Crippen LogP contribution in [0.4, 0.5) is 20.6 Å². The standard InChI is InChI=1S/C26H24FN3O3S/c1-17-5-3-8-20(13-17)28-25(32)30-11-12-34-26(30)22-15-21(33-2)9-10-23(22)29(24(26)31)16-18-6-4-7-19(27)14-18/h3-10,13-15H,11-12,16H2,1-2H3,(H,28,32)/t26-/m0/s1. The number of thioether (sulfide) groups is 1. The van der Waals surface area contributed by atoms with Crippen molar-refractivity contribution in [3.8, 4) is 5.75 Å². The van der Waals surface area contributed by atoms with Crippen LogP contribution in [0.5, 0.6) is 5.75 Å². The molecule has 8 heteroatoms. The molecule has 0 radical (unpaired) electrons. The maximum Gasteiger partial charge on any atom is 0.323 e. The molecule has 2 aliphatic heterocycles. The second-order valence-corrected chi connectivity index (χ2v) is 9.64. The van der Waals surface area contributed by atoms with Crippen LogP contribution in [0.1, 0.15) is 16.7 Å². The Morgan fingerprint density at radius 3 is 2.74 bits per heavy atom. The van der Waals surface area contributed by atoms with Crippen LogP contribution in [-0.2, 0) is 16.2 Å². The minimum absolute atomic E-state index is 0.200. The molecule has 1 saturated heterocycles. The van der Waals surface area contributed by atoms with Gasteiger partial charge in [0.1, 0.15) is 11.6 Å². The van der Waals surface area contributed by atoms with E-state index in [0.29, 0.717) is 40.5 Å². The molecule has 174 valence electrons. The number of benzene rings is 3. The number of hydrogen-bond acceptors (Lipinski definition) is 4. The zero-order valence-corrected chi connectivity index (χ0v) is 19.7. The lowest BCUT2D eigenvalue weighted by Crippen LogP contribution is -2.51. The van der Waals surface area contributed by atoms with Crippen LogP contribution in [0.3, 0.4) is 0 Å². The first kappa shape index (κ1) is 22.3. The Balaban J connectivity index is 1.55. The molecule has 3 aromatic carbocycles. The number of carbonyl (C=O) groups is 2. The molecular weight excluding hydrogens is 453 g/mol. The van der Waals surface area contributed by atoms with Crippen molar-refractivity contribution in [2.45, 2.75) is 18.3 Å². The number of ether oxygens (including phenoxy) is 1. The third kappa shape index (κ3) is 3.68. The molecule has 6 nitrogen and oxygen atoms in total. The molecule has 1 fully saturated rings. The molecule has 0 aliphatic carbocycles. The summed E-state index contributed by atoms with van der Waals surface area (Å²) in [5, 5.41) is 2.95. The van der Waals surface area contributed by atoms with Gasteiger partial charge >= 0.3 is 6.03 Å². The van der Waals surface area contributed by atoms with Gasteiger partial charge in [0, 0.05) is 23.5 Å². The molecule has 5 rings (SSSR count). The number of anilines is 2. The zero-order chi connectivity index (χ0) is 23.9. The van der Waals surface area contributed by atoms with Gasteiger partial charge in [-0.15, -0.1) is 11.8 Å². The maximum atomic E-state index is 14.0. The molecule has 1 atom stereocenters. The van der Waals surface area contributed by atoms with Gasteiger partial charge in [-0.2, -0.15) is 0 Å². The van der Waals surface area contributed by atoms with Gasteiger partial charge in [-0.1, -0.05) is 24.3 Å². The summed E-state index contributed by atoms with van der Waals surface area (Å²) in [5.41, 5.74) is 3.76. The molecule has 1 spiro atoms. The minimum atomic E-state index is -1.22. The maximum absolute atomic E-state index is 14.0. The largest absolute Gasteiger partial charge is 0.497 e. The molecule has 3 amide bonds. The van der Waals surface area contributed by atoms with Gasteiger partial charge < -0.3 is 15.0 Å². The van der Waals surface area contributed by atoms with Gasteiger partial charge in [-0.25, -0.2) is 9.18 Å². The molecule has 0 aromatic heterocycles. The molecule has 2 heterocycles. The first-order valence-electron chi connectivity index (χ1n) is 11.0. The number of hydrogen-bond donors (Lipinski definition) is 1. The highest BCUT2D eigenvalue weighted by atomic mass is 32.2. The number of nitrogens with one attached hydrogen (secondary N) is 1. The van der Waals surface area contributed by atoms with Crippen LogP contribution in [-0.4, -0.2) is 36.2 Å². The Bertz CT molecular complexity index is 1280. The van der Waals surface area contributed by atoms with E-state index in [1.807, 2.05) is 43.3 Å². The van der Waals surface area contributed by atoms with Crippen molar-refractivity contribution in [2.75, 3.05) is 29.6 Å². The van der Waals surface area contributed by atoms with Gasteiger partial charge in [-0.3, -0.25) is 9.69 Å². The van der Waals surface area contributed by atoms with Crippen molar-refractivity contribution in [3.05, 3.63) is 89.2 Å². The van der Waals surface area contributed by atoms with Crippen molar-refractivity contribution in [1.29, 1.82) is 0 Å². The second kappa shape index (κ2) is 8.68. The summed E-state index contributed by atoms with van der Waals surface area (Å²) in [6.07, 6.45) is 0. The van der Waals surface area contributed by atoms with E-state index in [0.717, 1.165) is 5.56 Å². The van der Waals surface area contributed by atoms with Gasteiger partial charge in [0.15, 0.2) is 4.87 Å². The third-order valence-corrected chi connectivity index (χ3v) is 7.56. The van der Waals surface area contributed by atoms with Gasteiger partial charge in [-0.05, 0) is 60.5 Å². The molecule has 0 unspecified atom stereocenters. The first-order chi connectivity index (χ1) is 16.4. The number of rotatable bonds is 4. The highest BCUT2D eigenvalue weighted by molar-refractivity contribution is 8.01. The van der Waals surface area contributed by atoms with Crippen LogP contribution in [0.2, 0.25) is 0 Å². The van der Waals surface area contributed by atoms with Gasteiger partial charge in [0.05, 0.1) is 19.3 Å². The summed E-state index contributed by atoms with van der Waals surface area (Å²) in [5.74, 6) is 0.632. The predicted octanol–water partition coefficient (Wildman–Crippen LogP) is 5.12. The smallest absolute Gasteiger partial charge is 0.323 e. The van der Waals surface area contributed by atoms with Crippen LogP contribution < -0.4 is 15.0 Å². The van der Waals surface area contributed by atoms with Gasteiger partial charge in [0.2, 0.25) is 0 Å². The summed E-state index contributed by atoms with van der Waals surface area (Å²) in [4.78, 5) is 29.5. The monoisotopic (exact) mass is 477 g/mol. The van der Waals surface area contributed by atoms with E-state index in [9.17, 15) is 14.0 Å². The van der Waals surface area contributed by atoms with E-state index >= 15 is 0 Å². The fraction of sp³-hybridized carbons (Fsp3) is 0.231. The molecule has 34 heavy (non-hydrogen) atoms. The topological polar surface area (TPSA) is 61.9 Å². The quantitative estimate of drug-likeness (QED) is 0.566. The number of carbonyl (C=O) groups excluding carboxylic acids is 2. The Kier molecular flexibility index (Phi) is 5.69. The van der Waals surface area contributed by atoms with E-state index in [-0.39, 0.29) is 24.3 Å². The first-order valence-corrected chi connectivity index (χ1v) is 11.9. The fourth-order valence-electron chi connectivity index (χ4n) is 4.61. The molecule has 2 aliphatic rings. The Morgan fingerprint density at radius 1 is 1.15 bits per heavy atom. The average molecular weight is 478 g/mol. The van der Waals surface area contributed by atoms with E-state index in [4.69, 9.17) is 4.74 Å². The van der Waals surface area contributed by atoms with Crippen LogP contribution in [0.15, 0.2) is 66.7 Å². The minimum Gasteiger partial charge on any atom is -0.497 e. The highest BCUT2D eigenvalue weighted by Gasteiger charge is 2.59. The molecular formula is C26H24FN3O3S. The predicted molar refractivity (Wildman–Crippen MR) is 132 cm³/mol. The summed E-state index contributed by atoms with van der Waals surface area (Å²) in [6.45, 7) is 2.57. The lowest BCUT2D eigenvalue weighted by atomic mass is 10.1. The SMILES string of the molecule is COc1ccc2c(c1)[C@]1(SCCN1C(=O)Nc1cccc(C)c1)C(=O)N2Cc1cccc(F)c1. The Labute approximate surface area is 201 Å². The van der Waals surface area contributed by atoms with Crippen LogP contribution >= 0.6 is 11.8 Å². The van der Waals surface area contributed by atoms with E-state index in [2.05, 4.69) is 5.32 Å². The van der Waals surface area contributed by atoms with Crippen molar-refractivity contribution in [2.24, 2.45) is 0 Å². The lowest BCUT2D eigenvalue weighted by molar-refractivity contribution is -0.123. The summed E-state index contributed by atoms with van der Waals surface area (Å²) in [7, 11) is 1.57. The van der Waals surface area contributed by atoms with Gasteiger partial charge in [0.25, 0.3) is 5.91 Å². The number of halogens is 1. The lowest BCUT2D eigenvalue weighted by Gasteiger charge is -2.33. The number of methoxy groups -OCH3 is 1. The third-order valence-electron chi connectivity index (χ3n) is 6.14. The number of nitrogens with zero attached hydrogens (tertiary/aromatic N) is 2. The normalized spacial score (nSPS) is 19.0. The van der Waals surface area contributed by atoms with Crippen molar-refractivity contribution >= 4 is 35.1 Å². The molecule has 1 N–H and O–H groups in total. The number of amides is 3. The average Bonchev–Trinajstić information content (AvgIpc) is 3.36. The van der Waals surface area contributed by atoms with Crippen molar-refractivity contribution in [3.63, 3.8) is 0 Å². The van der Waals surface area contributed by atoms with E-state index < -0.39 is 4.87 Å². The number of urea groups is 1. The summed E-state index contributed by atoms with van der Waals surface area (Å²) < 4.78 is 19.3. The van der Waals surface area contributed by atoms with Crippen LogP contribution in [0, 0.1) is 12.7 Å². The second-order valence-electron chi connectivity index (χ2n) is 8.35. The summed E-state index contributed by atoms with van der Waals surface area (Å²) >= 11 is 1.43. The zero-order valence-electron chi connectivity index (χ0n) is 18.9. The van der Waals surface area contributed by atoms with Crippen molar-refractivity contribution < 1.29 is 18.7 Å².